The number of benzene rings is 4. The van der Waals surface area contributed by atoms with E-state index in [1.165, 1.54) is 5.56 Å². The zero-order chi connectivity index (χ0) is 26.6. The fourth-order valence-corrected chi connectivity index (χ4v) is 4.93. The van der Waals surface area contributed by atoms with Crippen molar-refractivity contribution in [3.63, 3.8) is 0 Å². The first-order valence-electron chi connectivity index (χ1n) is 13.2. The zero-order valence-corrected chi connectivity index (χ0v) is 22.0. The number of aryl methyl sites for hydroxylation is 1. The third-order valence-electron chi connectivity index (χ3n) is 7.00. The van der Waals surface area contributed by atoms with Crippen LogP contribution in [-0.4, -0.2) is 27.0 Å². The number of hydrogen-bond donors (Lipinski definition) is 1. The lowest BCUT2D eigenvalue weighted by molar-refractivity contribution is 0.189. The van der Waals surface area contributed by atoms with Crippen molar-refractivity contribution in [2.24, 2.45) is 0 Å². The Balaban J connectivity index is 1.60. The molecule has 0 radical (unpaired) electrons. The van der Waals surface area contributed by atoms with Gasteiger partial charge in [-0.2, -0.15) is 0 Å². The molecular formula is C32H32N4O2. The standard InChI is InChI=1S/C32H32N4O2/c1-4-21-35(32(38)34-28-16-10-12-24-11-6-7-13-26(24)28)22(3)30-33-29-15-9-8-14-27(29)31(37)36(30)25-19-17-23(5-2)18-20-25/h6-20,22H,4-5,21H2,1-3H3,(H,34,38). The molecule has 0 saturated heterocycles. The fraction of sp³-hybridized carbons (Fsp3) is 0.219. The monoisotopic (exact) mass is 504 g/mol. The SMILES string of the molecule is CCCN(C(=O)Nc1cccc2ccccc12)C(C)c1nc2ccccc2c(=O)n1-c1ccc(CC)cc1. The second-order valence-electron chi connectivity index (χ2n) is 9.47. The lowest BCUT2D eigenvalue weighted by Gasteiger charge is -2.30. The van der Waals surface area contributed by atoms with E-state index < -0.39 is 6.04 Å². The number of fused-ring (bicyclic) bond motifs is 2. The van der Waals surface area contributed by atoms with Gasteiger partial charge in [-0.3, -0.25) is 9.36 Å². The summed E-state index contributed by atoms with van der Waals surface area (Å²) in [7, 11) is 0. The summed E-state index contributed by atoms with van der Waals surface area (Å²) in [5, 5.41) is 5.70. The average molecular weight is 505 g/mol. The number of urea groups is 1. The van der Waals surface area contributed by atoms with Gasteiger partial charge >= 0.3 is 6.03 Å². The Morgan fingerprint density at radius 2 is 1.58 bits per heavy atom. The Morgan fingerprint density at radius 3 is 2.32 bits per heavy atom. The highest BCUT2D eigenvalue weighted by Crippen LogP contribution is 2.27. The van der Waals surface area contributed by atoms with E-state index in [1.54, 1.807) is 15.5 Å². The van der Waals surface area contributed by atoms with Crippen LogP contribution in [0.5, 0.6) is 0 Å². The Labute approximate surface area is 222 Å². The number of para-hydroxylation sites is 1. The number of anilines is 1. The third kappa shape index (κ3) is 4.77. The van der Waals surface area contributed by atoms with Crippen LogP contribution in [-0.2, 0) is 6.42 Å². The highest BCUT2D eigenvalue weighted by atomic mass is 16.2. The molecule has 6 heteroatoms. The summed E-state index contributed by atoms with van der Waals surface area (Å²) >= 11 is 0. The van der Waals surface area contributed by atoms with Crippen molar-refractivity contribution in [1.82, 2.24) is 14.5 Å². The summed E-state index contributed by atoms with van der Waals surface area (Å²) < 4.78 is 1.65. The Morgan fingerprint density at radius 1 is 0.895 bits per heavy atom. The number of rotatable bonds is 7. The summed E-state index contributed by atoms with van der Waals surface area (Å²) in [6.07, 6.45) is 1.67. The van der Waals surface area contributed by atoms with Crippen molar-refractivity contribution in [3.8, 4) is 5.69 Å². The minimum atomic E-state index is -0.465. The summed E-state index contributed by atoms with van der Waals surface area (Å²) in [6, 6.07) is 28.5. The first kappa shape index (κ1) is 25.2. The van der Waals surface area contributed by atoms with Crippen LogP contribution in [0.3, 0.4) is 0 Å². The van der Waals surface area contributed by atoms with Crippen LogP contribution >= 0.6 is 0 Å². The molecule has 0 aliphatic carbocycles. The smallest absolute Gasteiger partial charge is 0.315 e. The Bertz CT molecular complexity index is 1650. The molecule has 0 aliphatic heterocycles. The largest absolute Gasteiger partial charge is 0.322 e. The zero-order valence-electron chi connectivity index (χ0n) is 22.0. The quantitative estimate of drug-likeness (QED) is 0.257. The lowest BCUT2D eigenvalue weighted by Crippen LogP contribution is -2.40. The van der Waals surface area contributed by atoms with E-state index in [9.17, 15) is 9.59 Å². The lowest BCUT2D eigenvalue weighted by atomic mass is 10.1. The second-order valence-corrected chi connectivity index (χ2v) is 9.47. The molecule has 2 amide bonds. The van der Waals surface area contributed by atoms with Crippen molar-refractivity contribution >= 4 is 33.4 Å². The first-order valence-corrected chi connectivity index (χ1v) is 13.2. The predicted octanol–water partition coefficient (Wildman–Crippen LogP) is 7.11. The van der Waals surface area contributed by atoms with Crippen LogP contribution in [0, 0.1) is 0 Å². The van der Waals surface area contributed by atoms with Crippen molar-refractivity contribution < 1.29 is 4.79 Å². The molecule has 6 nitrogen and oxygen atoms in total. The van der Waals surface area contributed by atoms with Crippen molar-refractivity contribution in [2.45, 2.75) is 39.7 Å². The first-order chi connectivity index (χ1) is 18.5. The van der Waals surface area contributed by atoms with E-state index in [2.05, 4.69) is 12.2 Å². The molecule has 192 valence electrons. The molecule has 1 unspecified atom stereocenters. The van der Waals surface area contributed by atoms with Crippen molar-refractivity contribution in [1.29, 1.82) is 0 Å². The van der Waals surface area contributed by atoms with Gasteiger partial charge in [-0.25, -0.2) is 9.78 Å². The van der Waals surface area contributed by atoms with Gasteiger partial charge in [-0.05, 0) is 61.0 Å². The molecule has 5 rings (SSSR count). The maximum absolute atomic E-state index is 13.8. The van der Waals surface area contributed by atoms with Gasteiger partial charge in [0.2, 0.25) is 0 Å². The average Bonchev–Trinajstić information content (AvgIpc) is 2.96. The molecule has 4 aromatic carbocycles. The third-order valence-corrected chi connectivity index (χ3v) is 7.00. The molecule has 1 aromatic heterocycles. The van der Waals surface area contributed by atoms with Crippen LogP contribution in [0.2, 0.25) is 0 Å². The minimum absolute atomic E-state index is 0.146. The van der Waals surface area contributed by atoms with E-state index >= 15 is 0 Å². The molecule has 0 bridgehead atoms. The van der Waals surface area contributed by atoms with E-state index in [0.717, 1.165) is 35.0 Å². The molecule has 0 saturated carbocycles. The molecular weight excluding hydrogens is 472 g/mol. The number of hydrogen-bond acceptors (Lipinski definition) is 3. The van der Waals surface area contributed by atoms with Gasteiger partial charge < -0.3 is 10.2 Å². The Hall–Kier alpha value is -4.45. The molecule has 1 heterocycles. The molecule has 0 spiro atoms. The van der Waals surface area contributed by atoms with E-state index in [0.29, 0.717) is 23.3 Å². The van der Waals surface area contributed by atoms with E-state index in [1.807, 2.05) is 98.8 Å². The number of aromatic nitrogens is 2. The van der Waals surface area contributed by atoms with Gasteiger partial charge in [-0.15, -0.1) is 0 Å². The van der Waals surface area contributed by atoms with Gasteiger partial charge in [0.25, 0.3) is 5.56 Å². The van der Waals surface area contributed by atoms with Crippen LogP contribution in [0.15, 0.2) is 95.8 Å². The number of nitrogens with zero attached hydrogens (tertiary/aromatic N) is 3. The summed E-state index contributed by atoms with van der Waals surface area (Å²) in [4.78, 5) is 34.2. The van der Waals surface area contributed by atoms with Crippen molar-refractivity contribution in [3.05, 3.63) is 113 Å². The number of carbonyl (C=O) groups is 1. The van der Waals surface area contributed by atoms with Crippen LogP contribution in [0.4, 0.5) is 10.5 Å². The minimum Gasteiger partial charge on any atom is -0.315 e. The topological polar surface area (TPSA) is 67.2 Å². The maximum atomic E-state index is 13.8. The van der Waals surface area contributed by atoms with Crippen LogP contribution in [0.25, 0.3) is 27.4 Å². The summed E-state index contributed by atoms with van der Waals surface area (Å²) in [5.74, 6) is 0.527. The van der Waals surface area contributed by atoms with Crippen molar-refractivity contribution in [2.75, 3.05) is 11.9 Å². The van der Waals surface area contributed by atoms with Crippen LogP contribution in [0.1, 0.15) is 44.6 Å². The van der Waals surface area contributed by atoms with Gasteiger partial charge in [0.15, 0.2) is 0 Å². The molecule has 38 heavy (non-hydrogen) atoms. The summed E-state index contributed by atoms with van der Waals surface area (Å²) in [5.41, 5.74) is 3.14. The van der Waals surface area contributed by atoms with Crippen LogP contribution < -0.4 is 10.9 Å². The van der Waals surface area contributed by atoms with Gasteiger partial charge in [0.05, 0.1) is 28.3 Å². The fourth-order valence-electron chi connectivity index (χ4n) is 4.93. The molecule has 1 N–H and O–H groups in total. The highest BCUT2D eigenvalue weighted by molar-refractivity contribution is 6.01. The van der Waals surface area contributed by atoms with E-state index in [4.69, 9.17) is 4.98 Å². The number of amides is 2. The van der Waals surface area contributed by atoms with E-state index in [-0.39, 0.29) is 11.6 Å². The number of nitrogens with one attached hydrogen (secondary N) is 1. The maximum Gasteiger partial charge on any atom is 0.322 e. The molecule has 0 aliphatic rings. The second kappa shape index (κ2) is 10.9. The summed E-state index contributed by atoms with van der Waals surface area (Å²) in [6.45, 7) is 6.58. The number of carbonyl (C=O) groups excluding carboxylic acids is 1. The van der Waals surface area contributed by atoms with Gasteiger partial charge in [0, 0.05) is 11.9 Å². The normalized spacial score (nSPS) is 12.0. The molecule has 5 aromatic rings. The highest BCUT2D eigenvalue weighted by Gasteiger charge is 2.27. The predicted molar refractivity (Wildman–Crippen MR) is 155 cm³/mol. The van der Waals surface area contributed by atoms with Gasteiger partial charge in [0.1, 0.15) is 5.82 Å². The molecule has 0 fully saturated rings. The Kier molecular flexibility index (Phi) is 7.22. The molecule has 1 atom stereocenters. The van der Waals surface area contributed by atoms with Gasteiger partial charge in [-0.1, -0.05) is 74.5 Å².